The van der Waals surface area contributed by atoms with Crippen molar-refractivity contribution in [2.24, 2.45) is 5.92 Å². The lowest BCUT2D eigenvalue weighted by Gasteiger charge is -2.34. The van der Waals surface area contributed by atoms with E-state index < -0.39 is 12.1 Å². The molecule has 3 atom stereocenters. The molecule has 1 aliphatic rings. The van der Waals surface area contributed by atoms with Crippen LogP contribution in [0, 0.1) is 5.92 Å². The molecule has 0 aromatic heterocycles. The van der Waals surface area contributed by atoms with Crippen LogP contribution in [0.2, 0.25) is 0 Å². The number of para-hydroxylation sites is 2. The van der Waals surface area contributed by atoms with Crippen LogP contribution in [-0.4, -0.2) is 77.5 Å². The van der Waals surface area contributed by atoms with Crippen molar-refractivity contribution in [1.82, 2.24) is 9.80 Å². The Kier molecular flexibility index (Phi) is 13.3. The number of rotatable bonds is 13. The number of carbonyl (C=O) groups is 4. The fraction of sp³-hybridized carbons (Fsp3) is 0.366. The number of nitrogens with two attached hydrogens (primary N) is 1. The minimum Gasteiger partial charge on any atom is -0.488 e. The molecular formula is C41H50N6O6. The van der Waals surface area contributed by atoms with Gasteiger partial charge in [-0.3, -0.25) is 14.4 Å². The molecule has 0 radical (unpaired) electrons. The van der Waals surface area contributed by atoms with Crippen molar-refractivity contribution in [2.75, 3.05) is 48.4 Å². The van der Waals surface area contributed by atoms with Crippen molar-refractivity contribution in [3.63, 3.8) is 0 Å². The maximum absolute atomic E-state index is 13.6. The molecule has 1 aliphatic heterocycles. The van der Waals surface area contributed by atoms with Crippen LogP contribution in [0.4, 0.5) is 27.5 Å². The van der Waals surface area contributed by atoms with Gasteiger partial charge in [-0.05, 0) is 61.5 Å². The number of aliphatic hydroxyl groups excluding tert-OH is 1. The molecule has 0 bridgehead atoms. The van der Waals surface area contributed by atoms with Gasteiger partial charge in [0.05, 0.1) is 42.7 Å². The summed E-state index contributed by atoms with van der Waals surface area (Å²) in [5, 5.41) is 20.7. The summed E-state index contributed by atoms with van der Waals surface area (Å²) in [6.45, 7) is 4.12. The molecule has 0 spiro atoms. The number of fused-ring (bicyclic) bond motifs is 2. The molecule has 4 aromatic rings. The van der Waals surface area contributed by atoms with Crippen LogP contribution in [-0.2, 0) is 20.8 Å². The number of anilines is 4. The molecule has 4 aromatic carbocycles. The third-order valence-electron chi connectivity index (χ3n) is 9.57. The Morgan fingerprint density at radius 2 is 1.58 bits per heavy atom. The third kappa shape index (κ3) is 10.5. The molecule has 5 rings (SSSR count). The van der Waals surface area contributed by atoms with Gasteiger partial charge < -0.3 is 41.3 Å². The molecule has 0 aliphatic carbocycles. The summed E-state index contributed by atoms with van der Waals surface area (Å²) in [7, 11) is 1.71. The van der Waals surface area contributed by atoms with E-state index >= 15 is 0 Å². The maximum Gasteiger partial charge on any atom is 0.321 e. The smallest absolute Gasteiger partial charge is 0.321 e. The molecule has 5 amide bonds. The van der Waals surface area contributed by atoms with Crippen LogP contribution >= 0.6 is 0 Å². The van der Waals surface area contributed by atoms with E-state index in [4.69, 9.17) is 10.5 Å². The first kappa shape index (κ1) is 38.6. The van der Waals surface area contributed by atoms with E-state index in [9.17, 15) is 24.3 Å². The van der Waals surface area contributed by atoms with E-state index in [1.807, 2.05) is 55.5 Å². The predicted molar refractivity (Wildman–Crippen MR) is 209 cm³/mol. The van der Waals surface area contributed by atoms with E-state index in [1.54, 1.807) is 60.2 Å². The predicted octanol–water partition coefficient (Wildman–Crippen LogP) is 6.26. The Morgan fingerprint density at radius 1 is 0.906 bits per heavy atom. The average molecular weight is 723 g/mol. The first-order valence-electron chi connectivity index (χ1n) is 18.2. The van der Waals surface area contributed by atoms with Crippen LogP contribution in [0.15, 0.2) is 84.9 Å². The SMILES string of the molecule is C[C@@H]1CN([C@H](C)CO)C(=O)Cc2cc(NC(=O)CCCCCC(=O)Nc3ccccc3N)ccc2O[C@H]1CN(C)C(=O)Nc1cccc2ccccc12. The number of carbonyl (C=O) groups excluding carboxylic acids is 4. The van der Waals surface area contributed by atoms with Gasteiger partial charge in [-0.2, -0.15) is 0 Å². The first-order chi connectivity index (χ1) is 25.5. The Labute approximate surface area is 310 Å². The van der Waals surface area contributed by atoms with Crippen LogP contribution in [0.1, 0.15) is 51.5 Å². The zero-order valence-electron chi connectivity index (χ0n) is 30.6. The lowest BCUT2D eigenvalue weighted by molar-refractivity contribution is -0.134. The number of nitrogens with zero attached hydrogens (tertiary/aromatic N) is 2. The van der Waals surface area contributed by atoms with Gasteiger partial charge in [-0.1, -0.05) is 61.9 Å². The van der Waals surface area contributed by atoms with Crippen LogP contribution in [0.25, 0.3) is 10.8 Å². The highest BCUT2D eigenvalue weighted by Crippen LogP contribution is 2.30. The summed E-state index contributed by atoms with van der Waals surface area (Å²) in [6.07, 6.45) is 2.05. The second-order valence-electron chi connectivity index (χ2n) is 13.8. The minimum atomic E-state index is -0.496. The molecule has 53 heavy (non-hydrogen) atoms. The van der Waals surface area contributed by atoms with Crippen molar-refractivity contribution >= 4 is 57.3 Å². The zero-order valence-corrected chi connectivity index (χ0v) is 30.6. The average Bonchev–Trinajstić information content (AvgIpc) is 3.19. The number of nitrogens with one attached hydrogen (secondary N) is 3. The summed E-state index contributed by atoms with van der Waals surface area (Å²) in [4.78, 5) is 55.5. The number of benzene rings is 4. The summed E-state index contributed by atoms with van der Waals surface area (Å²) in [5.74, 6) is -0.185. The number of amides is 5. The van der Waals surface area contributed by atoms with Crippen molar-refractivity contribution in [3.8, 4) is 5.75 Å². The molecule has 1 heterocycles. The van der Waals surface area contributed by atoms with Crippen LogP contribution in [0.5, 0.6) is 5.75 Å². The van der Waals surface area contributed by atoms with Crippen LogP contribution in [0.3, 0.4) is 0 Å². The number of unbranched alkanes of at least 4 members (excludes halogenated alkanes) is 2. The summed E-state index contributed by atoms with van der Waals surface area (Å²) in [6, 6.07) is 25.2. The Bertz CT molecular complexity index is 1910. The number of urea groups is 1. The van der Waals surface area contributed by atoms with Gasteiger partial charge in [-0.15, -0.1) is 0 Å². The largest absolute Gasteiger partial charge is 0.488 e. The first-order valence-corrected chi connectivity index (χ1v) is 18.2. The van der Waals surface area contributed by atoms with Crippen molar-refractivity contribution in [1.29, 1.82) is 0 Å². The highest BCUT2D eigenvalue weighted by atomic mass is 16.5. The molecule has 280 valence electrons. The summed E-state index contributed by atoms with van der Waals surface area (Å²) in [5.41, 5.74) is 8.82. The topological polar surface area (TPSA) is 166 Å². The molecule has 0 saturated heterocycles. The Morgan fingerprint density at radius 3 is 2.34 bits per heavy atom. The van der Waals surface area contributed by atoms with E-state index in [1.165, 1.54) is 0 Å². The van der Waals surface area contributed by atoms with Gasteiger partial charge in [0.25, 0.3) is 0 Å². The highest BCUT2D eigenvalue weighted by Gasteiger charge is 2.32. The molecule has 0 saturated carbocycles. The lowest BCUT2D eigenvalue weighted by atomic mass is 10.0. The van der Waals surface area contributed by atoms with E-state index in [2.05, 4.69) is 16.0 Å². The molecule has 6 N–H and O–H groups in total. The maximum atomic E-state index is 13.6. The molecule has 12 nitrogen and oxygen atoms in total. The van der Waals surface area contributed by atoms with Gasteiger partial charge in [0.1, 0.15) is 11.9 Å². The van der Waals surface area contributed by atoms with E-state index in [0.717, 1.165) is 10.8 Å². The van der Waals surface area contributed by atoms with Gasteiger partial charge >= 0.3 is 6.03 Å². The van der Waals surface area contributed by atoms with E-state index in [-0.39, 0.29) is 55.7 Å². The van der Waals surface area contributed by atoms with E-state index in [0.29, 0.717) is 66.3 Å². The molecule has 0 unspecified atom stereocenters. The standard InChI is InChI=1S/C41H50N6O6/c1-27-24-47(28(2)26-48)40(51)23-30-22-31(43-38(49)18-5-4-6-19-39(50)44-35-16-10-9-15-33(35)42)20-21-36(30)53-37(27)25-46(3)41(52)45-34-17-11-13-29-12-7-8-14-32(29)34/h7-17,20-22,27-28,37,48H,4-6,18-19,23-26,42H2,1-3H3,(H,43,49)(H,44,50)(H,45,52)/t27-,28-,37+/m1/s1. The molecular weight excluding hydrogens is 672 g/mol. The number of hydrogen-bond acceptors (Lipinski definition) is 7. The zero-order chi connectivity index (χ0) is 37.9. The van der Waals surface area contributed by atoms with Crippen molar-refractivity contribution < 1.29 is 29.0 Å². The van der Waals surface area contributed by atoms with Gasteiger partial charge in [0.15, 0.2) is 0 Å². The minimum absolute atomic E-state index is 0.0108. The number of hydrogen-bond donors (Lipinski definition) is 5. The van der Waals surface area contributed by atoms with Gasteiger partial charge in [0.2, 0.25) is 17.7 Å². The lowest BCUT2D eigenvalue weighted by Crippen LogP contribution is -2.48. The summed E-state index contributed by atoms with van der Waals surface area (Å²) < 4.78 is 6.58. The van der Waals surface area contributed by atoms with Crippen molar-refractivity contribution in [3.05, 3.63) is 90.5 Å². The second-order valence-corrected chi connectivity index (χ2v) is 13.8. The molecule has 0 fully saturated rings. The number of ether oxygens (including phenoxy) is 1. The fourth-order valence-corrected chi connectivity index (χ4v) is 6.42. The van der Waals surface area contributed by atoms with Crippen LogP contribution < -0.4 is 26.4 Å². The number of nitrogen functional groups attached to an aromatic ring is 1. The van der Waals surface area contributed by atoms with Gasteiger partial charge in [0, 0.05) is 49.0 Å². The highest BCUT2D eigenvalue weighted by molar-refractivity contribution is 6.01. The van der Waals surface area contributed by atoms with Crippen molar-refractivity contribution in [2.45, 2.75) is 64.5 Å². The van der Waals surface area contributed by atoms with Gasteiger partial charge in [-0.25, -0.2) is 4.79 Å². The second kappa shape index (κ2) is 18.2. The molecule has 12 heteroatoms. The monoisotopic (exact) mass is 722 g/mol. The Hall–Kier alpha value is -5.62. The number of likely N-dealkylation sites (N-methyl/N-ethyl adjacent to an activating group) is 1. The normalized spacial score (nSPS) is 16.3. The number of aliphatic hydroxyl groups is 1. The summed E-state index contributed by atoms with van der Waals surface area (Å²) >= 11 is 0. The third-order valence-corrected chi connectivity index (χ3v) is 9.57. The Balaban J connectivity index is 1.21. The quantitative estimate of drug-likeness (QED) is 0.0802. The fourth-order valence-electron chi connectivity index (χ4n) is 6.42.